The summed E-state index contributed by atoms with van der Waals surface area (Å²) in [5, 5.41) is 1.22. The Hall–Kier alpha value is -1.53. The van der Waals surface area contributed by atoms with Crippen LogP contribution >= 0.6 is 23.2 Å². The molecule has 2 aromatic carbocycles. The topological polar surface area (TPSA) is 12.4 Å². The summed E-state index contributed by atoms with van der Waals surface area (Å²) in [6.45, 7) is 8.64. The maximum atomic E-state index is 6.34. The fraction of sp³-hybridized carbons (Fsp3) is 0.211. The summed E-state index contributed by atoms with van der Waals surface area (Å²) in [4.78, 5) is 4.70. The molecular formula is C19H19Cl2NSi. The van der Waals surface area contributed by atoms with Crippen molar-refractivity contribution in [3.05, 3.63) is 63.6 Å². The van der Waals surface area contributed by atoms with E-state index in [2.05, 4.69) is 31.1 Å². The highest BCUT2D eigenvalue weighted by molar-refractivity contribution is 6.84. The van der Waals surface area contributed by atoms with E-state index < -0.39 is 8.07 Å². The number of aliphatic imine (C=N–C) groups is 1. The van der Waals surface area contributed by atoms with Crippen LogP contribution in [0.25, 0.3) is 0 Å². The molecule has 2 rings (SSSR count). The van der Waals surface area contributed by atoms with E-state index in [4.69, 9.17) is 28.2 Å². The van der Waals surface area contributed by atoms with Crippen molar-refractivity contribution in [2.75, 3.05) is 0 Å². The van der Waals surface area contributed by atoms with E-state index in [9.17, 15) is 0 Å². The van der Waals surface area contributed by atoms with Crippen LogP contribution in [0.1, 0.15) is 11.1 Å². The fourth-order valence-corrected chi connectivity index (χ4v) is 2.70. The molecule has 4 heteroatoms. The molecule has 2 aromatic rings. The van der Waals surface area contributed by atoms with Crippen LogP contribution in [0, 0.1) is 18.4 Å². The predicted octanol–water partition coefficient (Wildman–Crippen LogP) is 6.30. The van der Waals surface area contributed by atoms with Crippen LogP contribution in [0.2, 0.25) is 29.7 Å². The zero-order valence-corrected chi connectivity index (χ0v) is 16.3. The van der Waals surface area contributed by atoms with Crippen molar-refractivity contribution in [1.82, 2.24) is 0 Å². The van der Waals surface area contributed by atoms with Crippen LogP contribution in [0.4, 0.5) is 5.69 Å². The molecule has 118 valence electrons. The summed E-state index contributed by atoms with van der Waals surface area (Å²) < 4.78 is 0. The molecule has 0 saturated carbocycles. The first-order chi connectivity index (χ1) is 10.7. The third kappa shape index (κ3) is 5.55. The molecule has 0 aromatic heterocycles. The molecule has 1 nitrogen and oxygen atoms in total. The Kier molecular flexibility index (Phi) is 5.70. The first kappa shape index (κ1) is 17.8. The number of nitrogens with zero attached hydrogens (tertiary/aromatic N) is 1. The zero-order chi connectivity index (χ0) is 17.0. The van der Waals surface area contributed by atoms with Crippen LogP contribution in [-0.2, 0) is 0 Å². The molecule has 0 aliphatic heterocycles. The molecule has 0 amide bonds. The van der Waals surface area contributed by atoms with Gasteiger partial charge in [0.1, 0.15) is 13.8 Å². The highest BCUT2D eigenvalue weighted by Crippen LogP contribution is 2.23. The first-order valence-electron chi connectivity index (χ1n) is 7.38. The van der Waals surface area contributed by atoms with Crippen LogP contribution < -0.4 is 0 Å². The highest BCUT2D eigenvalue weighted by atomic mass is 35.5. The Morgan fingerprint density at radius 2 is 1.65 bits per heavy atom. The minimum Gasteiger partial charge on any atom is -0.239 e. The molecule has 0 aliphatic rings. The van der Waals surface area contributed by atoms with Crippen LogP contribution in [-0.4, -0.2) is 13.8 Å². The molecule has 23 heavy (non-hydrogen) atoms. The molecule has 0 saturated heterocycles. The lowest BCUT2D eigenvalue weighted by molar-refractivity contribution is 1.43. The van der Waals surface area contributed by atoms with Gasteiger partial charge in [-0.25, -0.2) is 4.99 Å². The van der Waals surface area contributed by atoms with Gasteiger partial charge in [0.05, 0.1) is 10.7 Å². The van der Waals surface area contributed by atoms with Gasteiger partial charge in [-0.2, -0.15) is 0 Å². The molecule has 0 aliphatic carbocycles. The van der Waals surface area contributed by atoms with Gasteiger partial charge in [0.2, 0.25) is 0 Å². The van der Waals surface area contributed by atoms with Gasteiger partial charge >= 0.3 is 0 Å². The van der Waals surface area contributed by atoms with E-state index in [1.165, 1.54) is 5.56 Å². The SMILES string of the molecule is Cc1ccc(N=C(C#C[Si](C)(C)C)c2cc(Cl)ccc2Cl)cc1. The molecule has 0 unspecified atom stereocenters. The second kappa shape index (κ2) is 7.36. The van der Waals surface area contributed by atoms with Crippen LogP contribution in [0.3, 0.4) is 0 Å². The second-order valence-electron chi connectivity index (χ2n) is 6.42. The lowest BCUT2D eigenvalue weighted by Gasteiger charge is -2.07. The summed E-state index contributed by atoms with van der Waals surface area (Å²) in [6.07, 6.45) is 0. The van der Waals surface area contributed by atoms with E-state index in [0.29, 0.717) is 15.8 Å². The van der Waals surface area contributed by atoms with Crippen molar-refractivity contribution in [2.24, 2.45) is 4.99 Å². The summed E-state index contributed by atoms with van der Waals surface area (Å²) in [5.74, 6) is 3.23. The third-order valence-corrected chi connectivity index (χ3v) is 4.45. The summed E-state index contributed by atoms with van der Waals surface area (Å²) >= 11 is 12.5. The molecular weight excluding hydrogens is 341 g/mol. The lowest BCUT2D eigenvalue weighted by Crippen LogP contribution is -2.17. The van der Waals surface area contributed by atoms with Crippen molar-refractivity contribution >= 4 is 42.7 Å². The van der Waals surface area contributed by atoms with Crippen molar-refractivity contribution in [3.8, 4) is 11.5 Å². The number of aryl methyl sites for hydroxylation is 1. The summed E-state index contributed by atoms with van der Waals surface area (Å²) in [6, 6.07) is 13.4. The number of halogens is 2. The summed E-state index contributed by atoms with van der Waals surface area (Å²) in [5.41, 5.74) is 6.83. The average molecular weight is 360 g/mol. The molecule has 0 N–H and O–H groups in total. The van der Waals surface area contributed by atoms with Gasteiger partial charge in [0.15, 0.2) is 0 Å². The predicted molar refractivity (Wildman–Crippen MR) is 105 cm³/mol. The maximum Gasteiger partial charge on any atom is 0.129 e. The van der Waals surface area contributed by atoms with Crippen molar-refractivity contribution in [1.29, 1.82) is 0 Å². The minimum atomic E-state index is -1.53. The standard InChI is InChI=1S/C19H19Cl2NSi/c1-14-5-8-16(9-6-14)22-19(11-12-23(2,3)4)17-13-15(20)7-10-18(17)21/h5-10,13H,1-4H3. The van der Waals surface area contributed by atoms with E-state index in [1.54, 1.807) is 12.1 Å². The Morgan fingerprint density at radius 3 is 2.26 bits per heavy atom. The van der Waals surface area contributed by atoms with Crippen LogP contribution in [0.5, 0.6) is 0 Å². The largest absolute Gasteiger partial charge is 0.239 e. The minimum absolute atomic E-state index is 0.602. The fourth-order valence-electron chi connectivity index (χ4n) is 1.83. The molecule has 0 spiro atoms. The summed E-state index contributed by atoms with van der Waals surface area (Å²) in [7, 11) is -1.53. The lowest BCUT2D eigenvalue weighted by atomic mass is 10.1. The molecule has 0 radical (unpaired) electrons. The van der Waals surface area contributed by atoms with Gasteiger partial charge in [0.25, 0.3) is 0 Å². The third-order valence-electron chi connectivity index (χ3n) is 3.01. The average Bonchev–Trinajstić information content (AvgIpc) is 2.47. The first-order valence-corrected chi connectivity index (χ1v) is 11.6. The molecule has 0 fully saturated rings. The smallest absolute Gasteiger partial charge is 0.129 e. The number of rotatable bonds is 2. The molecule has 0 bridgehead atoms. The zero-order valence-electron chi connectivity index (χ0n) is 13.7. The Labute approximate surface area is 149 Å². The Morgan fingerprint density at radius 1 is 1.00 bits per heavy atom. The van der Waals surface area contributed by atoms with Crippen LogP contribution in [0.15, 0.2) is 47.5 Å². The van der Waals surface area contributed by atoms with Crippen molar-refractivity contribution in [2.45, 2.75) is 26.6 Å². The molecule has 0 atom stereocenters. The van der Waals surface area contributed by atoms with E-state index in [0.717, 1.165) is 11.3 Å². The number of hydrogen-bond acceptors (Lipinski definition) is 1. The van der Waals surface area contributed by atoms with Gasteiger partial charge in [-0.05, 0) is 37.3 Å². The monoisotopic (exact) mass is 359 g/mol. The molecule has 0 heterocycles. The normalized spacial score (nSPS) is 11.8. The van der Waals surface area contributed by atoms with Gasteiger partial charge < -0.3 is 0 Å². The Bertz CT molecular complexity index is 791. The Balaban J connectivity index is 2.57. The highest BCUT2D eigenvalue weighted by Gasteiger charge is 2.11. The maximum absolute atomic E-state index is 6.34. The van der Waals surface area contributed by atoms with Gasteiger partial charge in [-0.3, -0.25) is 0 Å². The van der Waals surface area contributed by atoms with E-state index >= 15 is 0 Å². The van der Waals surface area contributed by atoms with Gasteiger partial charge in [-0.15, -0.1) is 5.54 Å². The second-order valence-corrected chi connectivity index (χ2v) is 12.0. The quantitative estimate of drug-likeness (QED) is 0.338. The van der Waals surface area contributed by atoms with Gasteiger partial charge in [0, 0.05) is 10.6 Å². The number of benzene rings is 2. The van der Waals surface area contributed by atoms with E-state index in [-0.39, 0.29) is 0 Å². The number of hydrogen-bond donors (Lipinski definition) is 0. The van der Waals surface area contributed by atoms with Crippen molar-refractivity contribution < 1.29 is 0 Å². The van der Waals surface area contributed by atoms with E-state index in [1.807, 2.05) is 37.3 Å². The van der Waals surface area contributed by atoms with Crippen molar-refractivity contribution in [3.63, 3.8) is 0 Å². The van der Waals surface area contributed by atoms with Gasteiger partial charge in [-0.1, -0.05) is 66.5 Å².